The topological polar surface area (TPSA) is 44.7 Å². The van der Waals surface area contributed by atoms with E-state index >= 15 is 8.78 Å². The first-order valence-corrected chi connectivity index (χ1v) is 11.7. The van der Waals surface area contributed by atoms with Gasteiger partial charge < -0.3 is 18.3 Å². The highest BCUT2D eigenvalue weighted by atomic mass is 19.4. The van der Waals surface area contributed by atoms with Crippen molar-refractivity contribution < 1.29 is 53.4 Å². The lowest BCUT2D eigenvalue weighted by molar-refractivity contribution is -0.287. The molecule has 4 nitrogen and oxygen atoms in total. The average Bonchev–Trinajstić information content (AvgIpc) is 3.68. The van der Waals surface area contributed by atoms with Crippen molar-refractivity contribution in [2.45, 2.75) is 18.9 Å². The number of fused-ring (bicyclic) bond motifs is 1. The van der Waals surface area contributed by atoms with Crippen molar-refractivity contribution in [3.05, 3.63) is 107 Å². The third-order valence-corrected chi connectivity index (χ3v) is 6.31. The highest BCUT2D eigenvalue weighted by Gasteiger charge is 2.49. The zero-order valence-corrected chi connectivity index (χ0v) is 20.2. The Labute approximate surface area is 225 Å². The maximum atomic E-state index is 15.8. The number of furan rings is 2. The van der Waals surface area contributed by atoms with Gasteiger partial charge in [0.25, 0.3) is 0 Å². The maximum absolute atomic E-state index is 15.8. The molecule has 5 aromatic rings. The van der Waals surface area contributed by atoms with E-state index in [0.717, 1.165) is 12.1 Å². The number of hydrogen-bond donors (Lipinski definition) is 0. The second kappa shape index (κ2) is 9.43. The van der Waals surface area contributed by atoms with Crippen LogP contribution in [0.4, 0.5) is 35.1 Å². The molecule has 0 aliphatic carbocycles. The number of hydrogen-bond acceptors (Lipinski definition) is 4. The van der Waals surface area contributed by atoms with Crippen LogP contribution in [0, 0.1) is 23.7 Å². The molecule has 3 aromatic carbocycles. The van der Waals surface area contributed by atoms with E-state index in [0.29, 0.717) is 0 Å². The molecular weight excluding hydrogens is 564 g/mol. The van der Waals surface area contributed by atoms with Gasteiger partial charge in [0, 0.05) is 11.1 Å². The van der Waals surface area contributed by atoms with Gasteiger partial charge in [-0.1, -0.05) is 18.2 Å². The van der Waals surface area contributed by atoms with Crippen LogP contribution in [0.2, 0.25) is 0 Å². The van der Waals surface area contributed by atoms with Gasteiger partial charge in [-0.15, -0.1) is 8.78 Å². The summed E-state index contributed by atoms with van der Waals surface area (Å²) in [4.78, 5) is 0. The number of alkyl halides is 5. The van der Waals surface area contributed by atoms with Gasteiger partial charge >= 0.3 is 12.5 Å². The Bertz CT molecular complexity index is 1760. The van der Waals surface area contributed by atoms with Crippen LogP contribution < -0.4 is 9.47 Å². The maximum Gasteiger partial charge on any atom is 0.586 e. The molecule has 0 N–H and O–H groups in total. The molecule has 0 spiro atoms. The summed E-state index contributed by atoms with van der Waals surface area (Å²) < 4.78 is 133. The fourth-order valence-corrected chi connectivity index (χ4v) is 4.66. The van der Waals surface area contributed by atoms with Crippen LogP contribution in [-0.2, 0) is 12.6 Å². The third-order valence-electron chi connectivity index (χ3n) is 6.31. The molecule has 1 radical (unpaired) electrons. The van der Waals surface area contributed by atoms with Crippen molar-refractivity contribution in [2.24, 2.45) is 0 Å². The second-order valence-corrected chi connectivity index (χ2v) is 8.98. The van der Waals surface area contributed by atoms with Crippen molar-refractivity contribution in [2.75, 3.05) is 0 Å². The fourth-order valence-electron chi connectivity index (χ4n) is 4.66. The average molecular weight is 577 g/mol. The van der Waals surface area contributed by atoms with Crippen molar-refractivity contribution >= 4 is 0 Å². The predicted octanol–water partition coefficient (Wildman–Crippen LogP) is 9.02. The van der Waals surface area contributed by atoms with Gasteiger partial charge in [0.2, 0.25) is 17.3 Å². The molecule has 0 saturated carbocycles. The molecule has 0 amide bonds. The number of halogens is 8. The third kappa shape index (κ3) is 4.68. The Balaban J connectivity index is 1.63. The van der Waals surface area contributed by atoms with Crippen LogP contribution in [0.3, 0.4) is 0 Å². The zero-order valence-electron chi connectivity index (χ0n) is 20.2. The molecule has 0 atom stereocenters. The molecule has 209 valence electrons. The largest absolute Gasteiger partial charge is 0.586 e. The van der Waals surface area contributed by atoms with Crippen molar-refractivity contribution in [3.8, 4) is 45.3 Å². The molecule has 0 unspecified atom stereocenters. The monoisotopic (exact) mass is 577 g/mol. The van der Waals surface area contributed by atoms with Crippen LogP contribution in [0.1, 0.15) is 16.7 Å². The number of benzene rings is 3. The minimum Gasteiger partial charge on any atom is -0.464 e. The highest BCUT2D eigenvalue weighted by molar-refractivity contribution is 5.93. The normalized spacial score (nSPS) is 14.0. The summed E-state index contributed by atoms with van der Waals surface area (Å²) in [5.74, 6) is -8.17. The summed E-state index contributed by atoms with van der Waals surface area (Å²) in [5, 5.41) is 0. The van der Waals surface area contributed by atoms with Crippen LogP contribution >= 0.6 is 0 Å². The van der Waals surface area contributed by atoms with Crippen molar-refractivity contribution in [3.63, 3.8) is 0 Å². The lowest BCUT2D eigenvalue weighted by Gasteiger charge is -2.18. The second-order valence-electron chi connectivity index (χ2n) is 8.98. The fraction of sp³-hybridized carbons (Fsp3) is 0.103. The van der Waals surface area contributed by atoms with E-state index in [4.69, 9.17) is 8.83 Å². The minimum atomic E-state index is -4.63. The summed E-state index contributed by atoms with van der Waals surface area (Å²) in [5.41, 5.74) is -1.90. The summed E-state index contributed by atoms with van der Waals surface area (Å²) in [7, 11) is 0. The number of rotatable bonds is 5. The van der Waals surface area contributed by atoms with Gasteiger partial charge in [-0.3, -0.25) is 0 Å². The predicted molar refractivity (Wildman–Crippen MR) is 126 cm³/mol. The van der Waals surface area contributed by atoms with Gasteiger partial charge in [0.15, 0.2) is 17.9 Å². The Morgan fingerprint density at radius 1 is 0.732 bits per heavy atom. The first-order chi connectivity index (χ1) is 19.4. The molecule has 1 aliphatic heterocycles. The Morgan fingerprint density at radius 3 is 2.12 bits per heavy atom. The molecule has 1 aliphatic rings. The molecule has 0 bridgehead atoms. The van der Waals surface area contributed by atoms with E-state index in [1.165, 1.54) is 54.8 Å². The number of ether oxygens (including phenoxy) is 2. The van der Waals surface area contributed by atoms with E-state index in [2.05, 4.69) is 15.7 Å². The van der Waals surface area contributed by atoms with E-state index < -0.39 is 52.5 Å². The van der Waals surface area contributed by atoms with Crippen molar-refractivity contribution in [1.29, 1.82) is 0 Å². The van der Waals surface area contributed by atoms with Gasteiger partial charge in [-0.2, -0.15) is 17.6 Å². The molecule has 3 heterocycles. The highest BCUT2D eigenvalue weighted by Crippen LogP contribution is 2.51. The molecule has 6 rings (SSSR count). The minimum absolute atomic E-state index is 0.0271. The summed E-state index contributed by atoms with van der Waals surface area (Å²) in [6, 6.07) is 12.8. The molecule has 0 fully saturated rings. The molecule has 0 saturated heterocycles. The Morgan fingerprint density at radius 2 is 1.46 bits per heavy atom. The van der Waals surface area contributed by atoms with Gasteiger partial charge in [-0.05, 0) is 65.6 Å². The van der Waals surface area contributed by atoms with E-state index in [1.54, 1.807) is 0 Å². The van der Waals surface area contributed by atoms with Gasteiger partial charge in [-0.25, -0.2) is 8.78 Å². The smallest absolute Gasteiger partial charge is 0.464 e. The molecular formula is C29H13F8O4. The summed E-state index contributed by atoms with van der Waals surface area (Å²) in [6.07, 6.45) is -5.54. The molecule has 12 heteroatoms. The molecule has 41 heavy (non-hydrogen) atoms. The lowest BCUT2D eigenvalue weighted by Crippen LogP contribution is -2.26. The van der Waals surface area contributed by atoms with Crippen LogP contribution in [0.5, 0.6) is 11.5 Å². The van der Waals surface area contributed by atoms with E-state index in [1.807, 2.05) is 0 Å². The van der Waals surface area contributed by atoms with Gasteiger partial charge in [0.05, 0.1) is 17.4 Å². The summed E-state index contributed by atoms with van der Waals surface area (Å²) in [6.45, 7) is 0. The summed E-state index contributed by atoms with van der Waals surface area (Å²) >= 11 is 0. The standard InChI is InChI=1S/C29H13F8O4/c30-23-22(24(31)26-27(25(23)32)41-29(36,37)40-26)18-13-15(10-14-4-1-5-16(11-14)28(33,34)35)12-17(19-6-2-8-38-19)21(18)20-7-3-9-39-20/h1-7,9,11-13H,10H2. The zero-order chi connectivity index (χ0) is 29.1. The van der Waals surface area contributed by atoms with Gasteiger partial charge in [0.1, 0.15) is 11.5 Å². The van der Waals surface area contributed by atoms with Crippen molar-refractivity contribution in [1.82, 2.24) is 0 Å². The lowest BCUT2D eigenvalue weighted by atomic mass is 9.88. The van der Waals surface area contributed by atoms with Crippen LogP contribution in [0.25, 0.3) is 33.8 Å². The first kappa shape index (κ1) is 26.5. The SMILES string of the molecule is Fc1c(F)c(-c2cc(Cc3cccc(C(F)(F)F)c3)cc(-c3cc[c]o3)c2-c2ccco2)c(F)c2c1OC(F)(F)O2. The van der Waals surface area contributed by atoms with E-state index in [-0.39, 0.29) is 45.8 Å². The van der Waals surface area contributed by atoms with Crippen LogP contribution in [-0.4, -0.2) is 6.29 Å². The Hall–Kier alpha value is -4.74. The van der Waals surface area contributed by atoms with E-state index in [9.17, 15) is 26.3 Å². The van der Waals surface area contributed by atoms with Crippen LogP contribution in [0.15, 0.2) is 75.8 Å². The quantitative estimate of drug-likeness (QED) is 0.155. The Kier molecular flexibility index (Phi) is 6.09. The molecule has 2 aromatic heterocycles. The first-order valence-electron chi connectivity index (χ1n) is 11.7.